The third kappa shape index (κ3) is 7.03. The molecule has 0 aromatic carbocycles. The molecule has 1 aromatic rings. The van der Waals surface area contributed by atoms with Crippen molar-refractivity contribution in [3.05, 3.63) is 30.1 Å². The molecular formula is C13H19N3O3. The standard InChI is InChI=1S/C13H19N3O3/c1-10(4-5-12(17)18)7-15-13(19)16-9-11-3-2-6-14-8-11/h2-3,6,8,10H,4-5,7,9H2,1H3,(H,17,18)(H2,15,16,19). The van der Waals surface area contributed by atoms with Gasteiger partial charge in [-0.2, -0.15) is 0 Å². The van der Waals surface area contributed by atoms with Crippen LogP contribution in [0.1, 0.15) is 25.3 Å². The van der Waals surface area contributed by atoms with Crippen molar-refractivity contribution in [2.75, 3.05) is 6.54 Å². The highest BCUT2D eigenvalue weighted by Crippen LogP contribution is 2.03. The molecule has 1 heterocycles. The van der Waals surface area contributed by atoms with Crippen LogP contribution in [0, 0.1) is 5.92 Å². The Labute approximate surface area is 112 Å². The monoisotopic (exact) mass is 265 g/mol. The zero-order valence-electron chi connectivity index (χ0n) is 10.9. The van der Waals surface area contributed by atoms with Gasteiger partial charge in [0.2, 0.25) is 0 Å². The average molecular weight is 265 g/mol. The van der Waals surface area contributed by atoms with Crippen LogP contribution >= 0.6 is 0 Å². The molecule has 3 N–H and O–H groups in total. The lowest BCUT2D eigenvalue weighted by atomic mass is 10.1. The van der Waals surface area contributed by atoms with E-state index in [1.54, 1.807) is 12.4 Å². The lowest BCUT2D eigenvalue weighted by molar-refractivity contribution is -0.137. The third-order valence-electron chi connectivity index (χ3n) is 2.64. The minimum absolute atomic E-state index is 0.125. The maximum absolute atomic E-state index is 11.5. The van der Waals surface area contributed by atoms with Crippen molar-refractivity contribution >= 4 is 12.0 Å². The number of aliphatic carboxylic acids is 1. The van der Waals surface area contributed by atoms with Crippen LogP contribution < -0.4 is 10.6 Å². The summed E-state index contributed by atoms with van der Waals surface area (Å²) < 4.78 is 0. The molecule has 104 valence electrons. The van der Waals surface area contributed by atoms with Gasteiger partial charge in [-0.05, 0) is 24.0 Å². The number of aromatic nitrogens is 1. The Morgan fingerprint density at radius 1 is 1.42 bits per heavy atom. The van der Waals surface area contributed by atoms with Gasteiger partial charge >= 0.3 is 12.0 Å². The fraction of sp³-hybridized carbons (Fsp3) is 0.462. The summed E-state index contributed by atoms with van der Waals surface area (Å²) in [5.41, 5.74) is 0.927. The van der Waals surface area contributed by atoms with Gasteiger partial charge in [-0.15, -0.1) is 0 Å². The molecule has 19 heavy (non-hydrogen) atoms. The fourth-order valence-electron chi connectivity index (χ4n) is 1.49. The number of carboxylic acid groups (broad SMARTS) is 1. The van der Waals surface area contributed by atoms with Crippen molar-refractivity contribution in [2.24, 2.45) is 5.92 Å². The van der Waals surface area contributed by atoms with E-state index in [4.69, 9.17) is 5.11 Å². The van der Waals surface area contributed by atoms with E-state index < -0.39 is 5.97 Å². The van der Waals surface area contributed by atoms with Gasteiger partial charge in [0.25, 0.3) is 0 Å². The molecule has 6 heteroatoms. The number of pyridine rings is 1. The number of hydrogen-bond donors (Lipinski definition) is 3. The van der Waals surface area contributed by atoms with Crippen LogP contribution in [0.2, 0.25) is 0 Å². The lowest BCUT2D eigenvalue weighted by Gasteiger charge is -2.12. The van der Waals surface area contributed by atoms with E-state index in [1.165, 1.54) is 0 Å². The first kappa shape index (κ1) is 14.9. The van der Waals surface area contributed by atoms with Crippen LogP contribution in [-0.4, -0.2) is 28.6 Å². The molecule has 1 aromatic heterocycles. The highest BCUT2D eigenvalue weighted by atomic mass is 16.4. The zero-order chi connectivity index (χ0) is 14.1. The van der Waals surface area contributed by atoms with E-state index in [-0.39, 0.29) is 18.4 Å². The number of nitrogens with zero attached hydrogens (tertiary/aromatic N) is 1. The first-order valence-corrected chi connectivity index (χ1v) is 6.20. The Morgan fingerprint density at radius 3 is 2.84 bits per heavy atom. The number of hydrogen-bond acceptors (Lipinski definition) is 3. The normalized spacial score (nSPS) is 11.6. The fourth-order valence-corrected chi connectivity index (χ4v) is 1.49. The summed E-state index contributed by atoms with van der Waals surface area (Å²) in [5, 5.41) is 14.0. The summed E-state index contributed by atoms with van der Waals surface area (Å²) in [6, 6.07) is 3.43. The van der Waals surface area contributed by atoms with Crippen LogP contribution in [0.4, 0.5) is 4.79 Å². The van der Waals surface area contributed by atoms with E-state index in [0.29, 0.717) is 19.5 Å². The molecule has 2 amide bonds. The number of carboxylic acids is 1. The Morgan fingerprint density at radius 2 is 2.21 bits per heavy atom. The third-order valence-corrected chi connectivity index (χ3v) is 2.64. The highest BCUT2D eigenvalue weighted by molar-refractivity contribution is 5.73. The quantitative estimate of drug-likeness (QED) is 0.694. The van der Waals surface area contributed by atoms with E-state index >= 15 is 0 Å². The molecule has 0 aliphatic carbocycles. The highest BCUT2D eigenvalue weighted by Gasteiger charge is 2.07. The summed E-state index contributed by atoms with van der Waals surface area (Å²) in [6.07, 6.45) is 4.04. The lowest BCUT2D eigenvalue weighted by Crippen LogP contribution is -2.37. The van der Waals surface area contributed by atoms with E-state index in [9.17, 15) is 9.59 Å². The smallest absolute Gasteiger partial charge is 0.315 e. The molecule has 6 nitrogen and oxygen atoms in total. The first-order valence-electron chi connectivity index (χ1n) is 6.20. The first-order chi connectivity index (χ1) is 9.08. The zero-order valence-corrected chi connectivity index (χ0v) is 10.9. The predicted molar refractivity (Wildman–Crippen MR) is 70.5 cm³/mol. The topological polar surface area (TPSA) is 91.3 Å². The molecular weight excluding hydrogens is 246 g/mol. The Bertz CT molecular complexity index is 409. The summed E-state index contributed by atoms with van der Waals surface area (Å²) in [6.45, 7) is 2.79. The van der Waals surface area contributed by atoms with Gasteiger partial charge in [0.15, 0.2) is 0 Å². The van der Waals surface area contributed by atoms with Crippen molar-refractivity contribution < 1.29 is 14.7 Å². The van der Waals surface area contributed by atoms with Crippen molar-refractivity contribution in [3.8, 4) is 0 Å². The van der Waals surface area contributed by atoms with Gasteiger partial charge < -0.3 is 15.7 Å². The minimum Gasteiger partial charge on any atom is -0.481 e. The second-order valence-corrected chi connectivity index (χ2v) is 4.46. The van der Waals surface area contributed by atoms with Gasteiger partial charge in [-0.25, -0.2) is 4.79 Å². The molecule has 0 aliphatic rings. The Hall–Kier alpha value is -2.11. The molecule has 1 rings (SSSR count). The maximum atomic E-state index is 11.5. The van der Waals surface area contributed by atoms with E-state index in [2.05, 4.69) is 15.6 Å². The average Bonchev–Trinajstić information content (AvgIpc) is 2.41. The van der Waals surface area contributed by atoms with Crippen LogP contribution in [0.25, 0.3) is 0 Å². The summed E-state index contributed by atoms with van der Waals surface area (Å²) in [7, 11) is 0. The SMILES string of the molecule is CC(CCC(=O)O)CNC(=O)NCc1cccnc1. The van der Waals surface area contributed by atoms with Crippen molar-refractivity contribution in [1.29, 1.82) is 0 Å². The Kier molecular flexibility index (Phi) is 6.35. The molecule has 0 bridgehead atoms. The van der Waals surface area contributed by atoms with Gasteiger partial charge in [-0.1, -0.05) is 13.0 Å². The second kappa shape index (κ2) is 8.07. The Balaban J connectivity index is 2.16. The van der Waals surface area contributed by atoms with Crippen molar-refractivity contribution in [1.82, 2.24) is 15.6 Å². The molecule has 0 saturated carbocycles. The number of urea groups is 1. The van der Waals surface area contributed by atoms with Crippen LogP contribution in [0.3, 0.4) is 0 Å². The van der Waals surface area contributed by atoms with Crippen molar-refractivity contribution in [3.63, 3.8) is 0 Å². The number of nitrogens with one attached hydrogen (secondary N) is 2. The van der Waals surface area contributed by atoms with Crippen molar-refractivity contribution in [2.45, 2.75) is 26.3 Å². The molecule has 0 radical (unpaired) electrons. The van der Waals surface area contributed by atoms with Gasteiger partial charge in [-0.3, -0.25) is 9.78 Å². The predicted octanol–water partition coefficient (Wildman–Crippen LogP) is 1.38. The molecule has 0 fully saturated rings. The minimum atomic E-state index is -0.812. The van der Waals surface area contributed by atoms with E-state index in [1.807, 2.05) is 19.1 Å². The van der Waals surface area contributed by atoms with Crippen LogP contribution in [0.5, 0.6) is 0 Å². The molecule has 0 spiro atoms. The van der Waals surface area contributed by atoms with Crippen LogP contribution in [-0.2, 0) is 11.3 Å². The number of amides is 2. The number of carbonyl (C=O) groups excluding carboxylic acids is 1. The summed E-state index contributed by atoms with van der Waals surface area (Å²) in [5.74, 6) is -0.673. The number of rotatable bonds is 7. The molecule has 0 saturated heterocycles. The molecule has 1 unspecified atom stereocenters. The maximum Gasteiger partial charge on any atom is 0.315 e. The number of carbonyl (C=O) groups is 2. The summed E-state index contributed by atoms with van der Waals surface area (Å²) >= 11 is 0. The van der Waals surface area contributed by atoms with Gasteiger partial charge in [0.1, 0.15) is 0 Å². The molecule has 0 aliphatic heterocycles. The van der Waals surface area contributed by atoms with Crippen LogP contribution in [0.15, 0.2) is 24.5 Å². The largest absolute Gasteiger partial charge is 0.481 e. The van der Waals surface area contributed by atoms with Gasteiger partial charge in [0.05, 0.1) is 0 Å². The summed E-state index contributed by atoms with van der Waals surface area (Å²) in [4.78, 5) is 25.8. The van der Waals surface area contributed by atoms with Gasteiger partial charge in [0, 0.05) is 31.9 Å². The van der Waals surface area contributed by atoms with E-state index in [0.717, 1.165) is 5.56 Å². The second-order valence-electron chi connectivity index (χ2n) is 4.46. The molecule has 1 atom stereocenters.